The lowest BCUT2D eigenvalue weighted by Gasteiger charge is -2.36. The van der Waals surface area contributed by atoms with Gasteiger partial charge in [-0.1, -0.05) is 12.1 Å². The van der Waals surface area contributed by atoms with E-state index in [9.17, 15) is 8.42 Å². The van der Waals surface area contributed by atoms with Gasteiger partial charge in [-0.05, 0) is 23.6 Å². The summed E-state index contributed by atoms with van der Waals surface area (Å²) in [4.78, 5) is 3.08. The van der Waals surface area contributed by atoms with Crippen LogP contribution in [0.3, 0.4) is 0 Å². The third-order valence-corrected chi connectivity index (χ3v) is 6.97. The summed E-state index contributed by atoms with van der Waals surface area (Å²) in [6, 6.07) is 9.19. The van der Waals surface area contributed by atoms with Gasteiger partial charge in [-0.25, -0.2) is 8.42 Å². The molecule has 0 unspecified atom stereocenters. The molecule has 0 radical (unpaired) electrons. The third-order valence-electron chi connectivity index (χ3n) is 3.59. The lowest BCUT2D eigenvalue weighted by molar-refractivity contribution is 0.589. The largest absolute Gasteiger partial charge is 0.371 e. The zero-order valence-electron chi connectivity index (χ0n) is 11.5. The van der Waals surface area contributed by atoms with E-state index in [1.54, 1.807) is 11.4 Å². The number of rotatable bonds is 3. The Hall–Kier alpha value is -1.24. The van der Waals surface area contributed by atoms with E-state index in [2.05, 4.69) is 4.90 Å². The Morgan fingerprint density at radius 1 is 1.19 bits per heavy atom. The van der Waals surface area contributed by atoms with Crippen LogP contribution in [0.2, 0.25) is 0 Å². The lowest BCUT2D eigenvalue weighted by atomic mass is 10.2. The fraction of sp³-hybridized carbons (Fsp3) is 0.286. The van der Waals surface area contributed by atoms with Gasteiger partial charge < -0.3 is 4.90 Å². The Kier molecular flexibility index (Phi) is 3.86. The monoisotopic (exact) mass is 342 g/mol. The van der Waals surface area contributed by atoms with E-state index >= 15 is 0 Å². The van der Waals surface area contributed by atoms with Crippen LogP contribution < -0.4 is 9.21 Å². The quantitative estimate of drug-likeness (QED) is 0.805. The van der Waals surface area contributed by atoms with E-state index in [0.29, 0.717) is 22.9 Å². The first kappa shape index (κ1) is 14.7. The van der Waals surface area contributed by atoms with E-state index in [1.165, 1.54) is 15.6 Å². The minimum Gasteiger partial charge on any atom is -0.371 e. The van der Waals surface area contributed by atoms with Gasteiger partial charge in [-0.2, -0.15) is 0 Å². The van der Waals surface area contributed by atoms with Gasteiger partial charge in [-0.15, -0.1) is 22.9 Å². The van der Waals surface area contributed by atoms with Crippen LogP contribution >= 0.6 is 22.9 Å². The maximum Gasteiger partial charge on any atom is 0.265 e. The molecule has 1 aliphatic heterocycles. The van der Waals surface area contributed by atoms with Crippen LogP contribution in [0.5, 0.6) is 0 Å². The summed E-state index contributed by atoms with van der Waals surface area (Å²) >= 11 is 7.24. The first-order valence-electron chi connectivity index (χ1n) is 6.51. The molecule has 0 bridgehead atoms. The van der Waals surface area contributed by atoms with E-state index in [-0.39, 0.29) is 5.88 Å². The van der Waals surface area contributed by atoms with E-state index < -0.39 is 10.0 Å². The SMILES string of the molecule is CN1CCN(S(=O)(=O)c2ccsc2CCl)c2ccccc21. The van der Waals surface area contributed by atoms with Crippen molar-refractivity contribution in [2.45, 2.75) is 10.8 Å². The highest BCUT2D eigenvalue weighted by Crippen LogP contribution is 2.37. The van der Waals surface area contributed by atoms with Crippen LogP contribution in [0.4, 0.5) is 11.4 Å². The molecule has 0 spiro atoms. The van der Waals surface area contributed by atoms with Gasteiger partial charge in [0.25, 0.3) is 10.0 Å². The molecule has 3 rings (SSSR count). The second kappa shape index (κ2) is 5.51. The molecule has 2 heterocycles. The van der Waals surface area contributed by atoms with Crippen LogP contribution in [0.25, 0.3) is 0 Å². The molecule has 0 fully saturated rings. The van der Waals surface area contributed by atoms with Gasteiger partial charge in [-0.3, -0.25) is 4.31 Å². The Bertz CT molecular complexity index is 758. The van der Waals surface area contributed by atoms with Gasteiger partial charge in [0.1, 0.15) is 4.90 Å². The average molecular weight is 343 g/mol. The van der Waals surface area contributed by atoms with Crippen molar-refractivity contribution in [1.29, 1.82) is 0 Å². The number of anilines is 2. The average Bonchev–Trinajstić information content (AvgIpc) is 2.97. The molecule has 21 heavy (non-hydrogen) atoms. The molecule has 7 heteroatoms. The van der Waals surface area contributed by atoms with Crippen LogP contribution in [0.1, 0.15) is 4.88 Å². The van der Waals surface area contributed by atoms with Gasteiger partial charge in [0.15, 0.2) is 0 Å². The van der Waals surface area contributed by atoms with E-state index in [1.807, 2.05) is 31.3 Å². The molecule has 0 atom stereocenters. The molecule has 0 amide bonds. The second-order valence-electron chi connectivity index (χ2n) is 4.83. The second-order valence-corrected chi connectivity index (χ2v) is 7.93. The minimum atomic E-state index is -3.57. The molecule has 112 valence electrons. The number of hydrogen-bond donors (Lipinski definition) is 0. The highest BCUT2D eigenvalue weighted by molar-refractivity contribution is 7.93. The number of nitrogens with zero attached hydrogens (tertiary/aromatic N) is 2. The highest BCUT2D eigenvalue weighted by atomic mass is 35.5. The predicted octanol–water partition coefficient (Wildman–Crippen LogP) is 3.13. The number of fused-ring (bicyclic) bond motifs is 1. The predicted molar refractivity (Wildman–Crippen MR) is 88.1 cm³/mol. The van der Waals surface area contributed by atoms with Crippen molar-refractivity contribution in [2.24, 2.45) is 0 Å². The van der Waals surface area contributed by atoms with Crippen molar-refractivity contribution >= 4 is 44.3 Å². The molecular formula is C14H15ClN2O2S2. The summed E-state index contributed by atoms with van der Waals surface area (Å²) in [6.07, 6.45) is 0. The molecule has 2 aromatic rings. The van der Waals surface area contributed by atoms with Gasteiger partial charge in [0.2, 0.25) is 0 Å². The molecule has 0 saturated carbocycles. The Morgan fingerprint density at radius 2 is 1.90 bits per heavy atom. The molecule has 0 N–H and O–H groups in total. The minimum absolute atomic E-state index is 0.210. The van der Waals surface area contributed by atoms with Crippen LogP contribution in [0.15, 0.2) is 40.6 Å². The number of hydrogen-bond acceptors (Lipinski definition) is 4. The molecule has 0 aliphatic carbocycles. The van der Waals surface area contributed by atoms with Crippen LogP contribution in [0, 0.1) is 0 Å². The number of likely N-dealkylation sites (N-methyl/N-ethyl adjacent to an activating group) is 1. The van der Waals surface area contributed by atoms with Crippen molar-refractivity contribution in [3.63, 3.8) is 0 Å². The number of sulfonamides is 1. The van der Waals surface area contributed by atoms with Gasteiger partial charge in [0, 0.05) is 18.5 Å². The summed E-state index contributed by atoms with van der Waals surface area (Å²) in [6.45, 7) is 1.10. The first-order chi connectivity index (χ1) is 10.1. The van der Waals surface area contributed by atoms with Gasteiger partial charge in [0.05, 0.1) is 23.8 Å². The number of benzene rings is 1. The van der Waals surface area contributed by atoms with E-state index in [4.69, 9.17) is 11.6 Å². The molecule has 1 aromatic carbocycles. The van der Waals surface area contributed by atoms with E-state index in [0.717, 1.165) is 11.4 Å². The highest BCUT2D eigenvalue weighted by Gasteiger charge is 2.32. The Balaban J connectivity index is 2.11. The molecule has 0 saturated heterocycles. The standard InChI is InChI=1S/C14H15ClN2O2S2/c1-16-7-8-17(12-5-3-2-4-11(12)16)21(18,19)14-6-9-20-13(14)10-15/h2-6,9H,7-8,10H2,1H3. The molecule has 4 nitrogen and oxygen atoms in total. The maximum atomic E-state index is 13.0. The zero-order chi connectivity index (χ0) is 15.0. The fourth-order valence-electron chi connectivity index (χ4n) is 2.50. The number of thiophene rings is 1. The van der Waals surface area contributed by atoms with Crippen molar-refractivity contribution in [2.75, 3.05) is 29.3 Å². The summed E-state index contributed by atoms with van der Waals surface area (Å²) in [5.41, 5.74) is 1.65. The van der Waals surface area contributed by atoms with Crippen molar-refractivity contribution < 1.29 is 8.42 Å². The van der Waals surface area contributed by atoms with Crippen LogP contribution in [-0.4, -0.2) is 28.6 Å². The van der Waals surface area contributed by atoms with Crippen LogP contribution in [-0.2, 0) is 15.9 Å². The lowest BCUT2D eigenvalue weighted by Crippen LogP contribution is -2.42. The molecule has 1 aliphatic rings. The third kappa shape index (κ3) is 2.41. The first-order valence-corrected chi connectivity index (χ1v) is 9.36. The maximum absolute atomic E-state index is 13.0. The smallest absolute Gasteiger partial charge is 0.265 e. The topological polar surface area (TPSA) is 40.6 Å². The summed E-state index contributed by atoms with van der Waals surface area (Å²) in [5, 5.41) is 1.77. The summed E-state index contributed by atoms with van der Waals surface area (Å²) < 4.78 is 27.4. The zero-order valence-corrected chi connectivity index (χ0v) is 13.9. The Morgan fingerprint density at radius 3 is 2.62 bits per heavy atom. The molecule has 1 aromatic heterocycles. The van der Waals surface area contributed by atoms with Gasteiger partial charge >= 0.3 is 0 Å². The molecular weight excluding hydrogens is 328 g/mol. The van der Waals surface area contributed by atoms with Crippen molar-refractivity contribution in [1.82, 2.24) is 0 Å². The summed E-state index contributed by atoms with van der Waals surface area (Å²) in [7, 11) is -1.60. The normalized spacial score (nSPS) is 15.1. The van der Waals surface area contributed by atoms with Crippen molar-refractivity contribution in [3.05, 3.63) is 40.6 Å². The fourth-order valence-corrected chi connectivity index (χ4v) is 5.65. The van der Waals surface area contributed by atoms with Crippen molar-refractivity contribution in [3.8, 4) is 0 Å². The Labute approximate surface area is 133 Å². The number of halogens is 1. The number of alkyl halides is 1. The number of para-hydroxylation sites is 2. The summed E-state index contributed by atoms with van der Waals surface area (Å²) in [5.74, 6) is 0.210.